The van der Waals surface area contributed by atoms with Gasteiger partial charge in [-0.3, -0.25) is 14.7 Å². The van der Waals surface area contributed by atoms with Crippen molar-refractivity contribution < 1.29 is 4.79 Å². The molecular weight excluding hydrogens is 282 g/mol. The van der Waals surface area contributed by atoms with Crippen LogP contribution in [0, 0.1) is 0 Å². The minimum Gasteiger partial charge on any atom is -0.349 e. The number of hydrogen-bond acceptors (Lipinski definition) is 4. The molecule has 0 spiro atoms. The number of nitrogens with zero attached hydrogens (tertiary/aromatic N) is 2. The second-order valence-corrected chi connectivity index (χ2v) is 6.36. The number of carbonyl (C=O) groups is 1. The molecule has 2 aromatic rings. The molecule has 1 N–H and O–H groups in total. The molecule has 4 nitrogen and oxygen atoms in total. The van der Waals surface area contributed by atoms with E-state index >= 15 is 0 Å². The molecule has 3 rings (SSSR count). The lowest BCUT2D eigenvalue weighted by molar-refractivity contribution is 0.0928. The molecule has 21 heavy (non-hydrogen) atoms. The molecule has 0 saturated heterocycles. The summed E-state index contributed by atoms with van der Waals surface area (Å²) in [5, 5.41) is 5.14. The van der Waals surface area contributed by atoms with E-state index in [0.29, 0.717) is 18.3 Å². The van der Waals surface area contributed by atoms with Crippen molar-refractivity contribution in [1.29, 1.82) is 0 Å². The average Bonchev–Trinajstić information content (AvgIpc) is 3.00. The molecule has 1 unspecified atom stereocenters. The largest absolute Gasteiger partial charge is 0.349 e. The number of amides is 1. The number of carbonyl (C=O) groups excluding carboxylic acids is 1. The average molecular weight is 301 g/mol. The monoisotopic (exact) mass is 301 g/mol. The lowest BCUT2D eigenvalue weighted by Gasteiger charge is -2.32. The standard InChI is InChI=1S/C16H19N3OS/c1-12(10-18-16(20)14-4-2-3-7-17-14)19-8-5-15-13(11-19)6-9-21-15/h2-4,6-7,9,12H,5,8,10-11H2,1H3,(H,18,20). The minimum atomic E-state index is -0.101. The van der Waals surface area contributed by atoms with Crippen molar-refractivity contribution in [3.05, 3.63) is 52.0 Å². The number of nitrogens with one attached hydrogen (secondary N) is 1. The SMILES string of the molecule is CC(CNC(=O)c1ccccn1)N1CCc2sccc2C1. The Hall–Kier alpha value is -1.72. The highest BCUT2D eigenvalue weighted by atomic mass is 32.1. The van der Waals surface area contributed by atoms with Crippen molar-refractivity contribution in [2.24, 2.45) is 0 Å². The Morgan fingerprint density at radius 3 is 3.19 bits per heavy atom. The molecule has 0 saturated carbocycles. The predicted molar refractivity (Wildman–Crippen MR) is 84.5 cm³/mol. The summed E-state index contributed by atoms with van der Waals surface area (Å²) in [6, 6.07) is 7.91. The zero-order chi connectivity index (χ0) is 14.7. The molecule has 0 bridgehead atoms. The maximum Gasteiger partial charge on any atom is 0.269 e. The van der Waals surface area contributed by atoms with Crippen molar-refractivity contribution in [1.82, 2.24) is 15.2 Å². The topological polar surface area (TPSA) is 45.2 Å². The fourth-order valence-corrected chi connectivity index (χ4v) is 3.49. The van der Waals surface area contributed by atoms with Crippen molar-refractivity contribution in [2.75, 3.05) is 13.1 Å². The Bertz CT molecular complexity index is 611. The summed E-state index contributed by atoms with van der Waals surface area (Å²) >= 11 is 1.85. The van der Waals surface area contributed by atoms with Crippen molar-refractivity contribution >= 4 is 17.2 Å². The van der Waals surface area contributed by atoms with Crippen LogP contribution in [0.4, 0.5) is 0 Å². The van der Waals surface area contributed by atoms with E-state index in [-0.39, 0.29) is 5.91 Å². The number of rotatable bonds is 4. The molecule has 5 heteroatoms. The van der Waals surface area contributed by atoms with E-state index in [1.54, 1.807) is 12.3 Å². The fourth-order valence-electron chi connectivity index (χ4n) is 2.60. The van der Waals surface area contributed by atoms with Crippen molar-refractivity contribution in [3.8, 4) is 0 Å². The third-order valence-electron chi connectivity index (χ3n) is 3.92. The summed E-state index contributed by atoms with van der Waals surface area (Å²) in [5.41, 5.74) is 1.91. The summed E-state index contributed by atoms with van der Waals surface area (Å²) in [5.74, 6) is -0.101. The van der Waals surface area contributed by atoms with Gasteiger partial charge in [-0.25, -0.2) is 0 Å². The van der Waals surface area contributed by atoms with Gasteiger partial charge in [-0.15, -0.1) is 11.3 Å². The quantitative estimate of drug-likeness (QED) is 0.942. The van der Waals surface area contributed by atoms with E-state index in [0.717, 1.165) is 19.5 Å². The second kappa shape index (κ2) is 6.37. The van der Waals surface area contributed by atoms with Gasteiger partial charge in [0.25, 0.3) is 5.91 Å². The van der Waals surface area contributed by atoms with Gasteiger partial charge in [-0.1, -0.05) is 6.07 Å². The zero-order valence-electron chi connectivity index (χ0n) is 12.1. The highest BCUT2D eigenvalue weighted by Crippen LogP contribution is 2.24. The maximum absolute atomic E-state index is 12.0. The van der Waals surface area contributed by atoms with E-state index in [9.17, 15) is 4.79 Å². The van der Waals surface area contributed by atoms with Gasteiger partial charge in [-0.05, 0) is 42.5 Å². The summed E-state index contributed by atoms with van der Waals surface area (Å²) < 4.78 is 0. The summed E-state index contributed by atoms with van der Waals surface area (Å²) in [4.78, 5) is 20.0. The molecule has 0 aromatic carbocycles. The second-order valence-electron chi connectivity index (χ2n) is 5.36. The van der Waals surface area contributed by atoms with Gasteiger partial charge in [0, 0.05) is 36.8 Å². The van der Waals surface area contributed by atoms with Gasteiger partial charge in [0.05, 0.1) is 0 Å². The van der Waals surface area contributed by atoms with Crippen LogP contribution in [0.15, 0.2) is 35.8 Å². The third-order valence-corrected chi connectivity index (χ3v) is 4.94. The van der Waals surface area contributed by atoms with Crippen LogP contribution in [-0.4, -0.2) is 34.9 Å². The van der Waals surface area contributed by atoms with Crippen LogP contribution in [0.1, 0.15) is 27.9 Å². The lowest BCUT2D eigenvalue weighted by atomic mass is 10.1. The van der Waals surface area contributed by atoms with Crippen molar-refractivity contribution in [2.45, 2.75) is 25.9 Å². The maximum atomic E-state index is 12.0. The number of fused-ring (bicyclic) bond motifs is 1. The summed E-state index contributed by atoms with van der Waals surface area (Å²) in [6.07, 6.45) is 2.76. The third kappa shape index (κ3) is 3.31. The Labute approximate surface area is 128 Å². The first-order valence-electron chi connectivity index (χ1n) is 7.22. The van der Waals surface area contributed by atoms with Gasteiger partial charge in [0.2, 0.25) is 0 Å². The van der Waals surface area contributed by atoms with Crippen LogP contribution >= 0.6 is 11.3 Å². The molecule has 1 aliphatic heterocycles. The van der Waals surface area contributed by atoms with Gasteiger partial charge < -0.3 is 5.32 Å². The lowest BCUT2D eigenvalue weighted by Crippen LogP contribution is -2.44. The molecule has 3 heterocycles. The Balaban J connectivity index is 1.53. The Morgan fingerprint density at radius 1 is 1.48 bits per heavy atom. The molecule has 0 aliphatic carbocycles. The van der Waals surface area contributed by atoms with Crippen LogP contribution in [0.25, 0.3) is 0 Å². The number of pyridine rings is 1. The molecule has 1 atom stereocenters. The first-order valence-corrected chi connectivity index (χ1v) is 8.10. The van der Waals surface area contributed by atoms with Gasteiger partial charge >= 0.3 is 0 Å². The van der Waals surface area contributed by atoms with E-state index in [1.165, 1.54) is 10.4 Å². The van der Waals surface area contributed by atoms with E-state index < -0.39 is 0 Å². The predicted octanol–water partition coefficient (Wildman–Crippen LogP) is 2.32. The Morgan fingerprint density at radius 2 is 2.38 bits per heavy atom. The normalized spacial score (nSPS) is 16.2. The fraction of sp³-hybridized carbons (Fsp3) is 0.375. The van der Waals surface area contributed by atoms with Gasteiger partial charge in [-0.2, -0.15) is 0 Å². The van der Waals surface area contributed by atoms with Gasteiger partial charge in [0.1, 0.15) is 5.69 Å². The smallest absolute Gasteiger partial charge is 0.269 e. The summed E-state index contributed by atoms with van der Waals surface area (Å²) in [7, 11) is 0. The van der Waals surface area contributed by atoms with E-state index in [2.05, 4.69) is 33.6 Å². The van der Waals surface area contributed by atoms with E-state index in [1.807, 2.05) is 23.5 Å². The zero-order valence-corrected chi connectivity index (χ0v) is 12.9. The highest BCUT2D eigenvalue weighted by Gasteiger charge is 2.21. The van der Waals surface area contributed by atoms with Crippen LogP contribution in [-0.2, 0) is 13.0 Å². The van der Waals surface area contributed by atoms with Gasteiger partial charge in [0.15, 0.2) is 0 Å². The molecule has 1 aliphatic rings. The first kappa shape index (κ1) is 14.2. The van der Waals surface area contributed by atoms with Crippen LogP contribution < -0.4 is 5.32 Å². The minimum absolute atomic E-state index is 0.101. The van der Waals surface area contributed by atoms with Crippen LogP contribution in [0.5, 0.6) is 0 Å². The van der Waals surface area contributed by atoms with Crippen molar-refractivity contribution in [3.63, 3.8) is 0 Å². The first-order chi connectivity index (χ1) is 10.2. The molecule has 2 aromatic heterocycles. The molecular formula is C16H19N3OS. The number of thiophene rings is 1. The molecule has 1 amide bonds. The van der Waals surface area contributed by atoms with E-state index in [4.69, 9.17) is 0 Å². The van der Waals surface area contributed by atoms with Crippen LogP contribution in [0.2, 0.25) is 0 Å². The molecule has 0 fully saturated rings. The molecule has 0 radical (unpaired) electrons. The number of aromatic nitrogens is 1. The Kier molecular flexibility index (Phi) is 4.31. The highest BCUT2D eigenvalue weighted by molar-refractivity contribution is 7.10. The summed E-state index contributed by atoms with van der Waals surface area (Å²) in [6.45, 7) is 4.86. The van der Waals surface area contributed by atoms with Crippen LogP contribution in [0.3, 0.4) is 0 Å². The number of hydrogen-bond donors (Lipinski definition) is 1. The molecule has 110 valence electrons.